The van der Waals surface area contributed by atoms with Crippen molar-refractivity contribution in [1.29, 1.82) is 0 Å². The average Bonchev–Trinajstić information content (AvgIpc) is 2.28. The van der Waals surface area contributed by atoms with E-state index >= 15 is 0 Å². The molecule has 1 aromatic rings. The van der Waals surface area contributed by atoms with Crippen LogP contribution >= 0.6 is 0 Å². The Hall–Kier alpha value is -1.55. The fourth-order valence-corrected chi connectivity index (χ4v) is 1.44. The van der Waals surface area contributed by atoms with Crippen LogP contribution < -0.4 is 4.74 Å². The molecule has 16 heavy (non-hydrogen) atoms. The summed E-state index contributed by atoms with van der Waals surface area (Å²) in [5.74, 6) is -0.562. The number of rotatable bonds is 5. The molecule has 1 aromatic carbocycles. The molecule has 0 atom stereocenters. The molecule has 0 aliphatic carbocycles. The largest absolute Gasteiger partial charge is 0.496 e. The summed E-state index contributed by atoms with van der Waals surface area (Å²) in [4.78, 5) is 13.1. The summed E-state index contributed by atoms with van der Waals surface area (Å²) in [5.41, 5.74) is 1.19. The summed E-state index contributed by atoms with van der Waals surface area (Å²) >= 11 is 0. The van der Waals surface area contributed by atoms with Gasteiger partial charge in [-0.2, -0.15) is 0 Å². The normalized spacial score (nSPS) is 10.5. The van der Waals surface area contributed by atoms with Gasteiger partial charge in [-0.1, -0.05) is 13.0 Å². The number of nitrogens with zero attached hydrogens (tertiary/aromatic N) is 1. The smallest absolute Gasteiger partial charge is 0.339 e. The molecule has 88 valence electrons. The average molecular weight is 223 g/mol. The fourth-order valence-electron chi connectivity index (χ4n) is 1.44. The fraction of sp³-hybridized carbons (Fsp3) is 0.417. The Morgan fingerprint density at radius 3 is 2.69 bits per heavy atom. The van der Waals surface area contributed by atoms with E-state index in [2.05, 4.69) is 11.8 Å². The molecule has 1 N–H and O–H groups in total. The Kier molecular flexibility index (Phi) is 4.31. The summed E-state index contributed by atoms with van der Waals surface area (Å²) in [5, 5.41) is 9.02. The van der Waals surface area contributed by atoms with Crippen molar-refractivity contribution in [2.75, 3.05) is 20.7 Å². The first-order chi connectivity index (χ1) is 7.58. The molecule has 0 saturated heterocycles. The van der Waals surface area contributed by atoms with Crippen LogP contribution in [0.4, 0.5) is 0 Å². The molecule has 0 unspecified atom stereocenters. The van der Waals surface area contributed by atoms with Gasteiger partial charge < -0.3 is 14.7 Å². The van der Waals surface area contributed by atoms with Gasteiger partial charge in [-0.05, 0) is 31.3 Å². The topological polar surface area (TPSA) is 49.8 Å². The van der Waals surface area contributed by atoms with Gasteiger partial charge >= 0.3 is 5.97 Å². The number of aromatic carboxylic acids is 1. The van der Waals surface area contributed by atoms with Gasteiger partial charge in [-0.25, -0.2) is 4.79 Å². The van der Waals surface area contributed by atoms with Crippen LogP contribution in [0.15, 0.2) is 18.2 Å². The summed E-state index contributed by atoms with van der Waals surface area (Å²) < 4.78 is 5.00. The maximum Gasteiger partial charge on any atom is 0.339 e. The minimum atomic E-state index is -0.960. The molecule has 0 bridgehead atoms. The van der Waals surface area contributed by atoms with Gasteiger partial charge in [-0.3, -0.25) is 0 Å². The molecule has 0 radical (unpaired) electrons. The molecular formula is C12H17NO3. The van der Waals surface area contributed by atoms with Crippen molar-refractivity contribution >= 4 is 5.97 Å². The van der Waals surface area contributed by atoms with Crippen LogP contribution in [0.3, 0.4) is 0 Å². The molecule has 0 saturated carbocycles. The standard InChI is InChI=1S/C12H17NO3/c1-4-13(2)8-9-5-6-11(16-3)10(7-9)12(14)15/h5-7H,4,8H2,1-3H3,(H,14,15). The van der Waals surface area contributed by atoms with Crippen LogP contribution in [0.2, 0.25) is 0 Å². The highest BCUT2D eigenvalue weighted by Crippen LogP contribution is 2.20. The second-order valence-electron chi connectivity index (χ2n) is 3.67. The third-order valence-corrected chi connectivity index (χ3v) is 2.49. The second-order valence-corrected chi connectivity index (χ2v) is 3.67. The van der Waals surface area contributed by atoms with Crippen molar-refractivity contribution in [3.63, 3.8) is 0 Å². The Morgan fingerprint density at radius 2 is 2.19 bits per heavy atom. The number of methoxy groups -OCH3 is 1. The van der Waals surface area contributed by atoms with E-state index in [-0.39, 0.29) is 5.56 Å². The molecule has 1 rings (SSSR count). The lowest BCUT2D eigenvalue weighted by Crippen LogP contribution is -2.17. The molecule has 0 spiro atoms. The predicted octanol–water partition coefficient (Wildman–Crippen LogP) is 1.85. The van der Waals surface area contributed by atoms with Gasteiger partial charge in [0, 0.05) is 6.54 Å². The number of benzene rings is 1. The Balaban J connectivity index is 2.97. The molecule has 0 fully saturated rings. The van der Waals surface area contributed by atoms with E-state index in [9.17, 15) is 4.79 Å². The number of carboxylic acid groups (broad SMARTS) is 1. The molecule has 0 aliphatic heterocycles. The van der Waals surface area contributed by atoms with Gasteiger partial charge in [-0.15, -0.1) is 0 Å². The minimum absolute atomic E-state index is 0.213. The molecule has 0 aromatic heterocycles. The molecule has 0 aliphatic rings. The maximum absolute atomic E-state index is 11.0. The van der Waals surface area contributed by atoms with Crippen molar-refractivity contribution in [2.24, 2.45) is 0 Å². The van der Waals surface area contributed by atoms with Crippen LogP contribution in [0.25, 0.3) is 0 Å². The first-order valence-corrected chi connectivity index (χ1v) is 5.17. The second kappa shape index (κ2) is 5.51. The van der Waals surface area contributed by atoms with Crippen molar-refractivity contribution < 1.29 is 14.6 Å². The van der Waals surface area contributed by atoms with E-state index in [1.807, 2.05) is 13.1 Å². The quantitative estimate of drug-likeness (QED) is 0.827. The number of hydrogen-bond acceptors (Lipinski definition) is 3. The van der Waals surface area contributed by atoms with E-state index in [1.54, 1.807) is 12.1 Å². The number of ether oxygens (including phenoxy) is 1. The molecule has 0 heterocycles. The van der Waals surface area contributed by atoms with Gasteiger partial charge in [0.2, 0.25) is 0 Å². The molecule has 0 amide bonds. The van der Waals surface area contributed by atoms with E-state index in [4.69, 9.17) is 9.84 Å². The van der Waals surface area contributed by atoms with Gasteiger partial charge in [0.1, 0.15) is 11.3 Å². The minimum Gasteiger partial charge on any atom is -0.496 e. The number of carbonyl (C=O) groups is 1. The zero-order chi connectivity index (χ0) is 12.1. The first-order valence-electron chi connectivity index (χ1n) is 5.17. The lowest BCUT2D eigenvalue weighted by Gasteiger charge is -2.14. The van der Waals surface area contributed by atoms with E-state index in [1.165, 1.54) is 7.11 Å². The van der Waals surface area contributed by atoms with E-state index < -0.39 is 5.97 Å². The van der Waals surface area contributed by atoms with Gasteiger partial charge in [0.15, 0.2) is 0 Å². The van der Waals surface area contributed by atoms with Crippen molar-refractivity contribution in [3.05, 3.63) is 29.3 Å². The zero-order valence-electron chi connectivity index (χ0n) is 9.86. The SMILES string of the molecule is CCN(C)Cc1ccc(OC)c(C(=O)O)c1. The number of carboxylic acids is 1. The summed E-state index contributed by atoms with van der Waals surface area (Å²) in [6.07, 6.45) is 0. The van der Waals surface area contributed by atoms with Crippen LogP contribution in [-0.2, 0) is 6.54 Å². The molecule has 4 nitrogen and oxygen atoms in total. The lowest BCUT2D eigenvalue weighted by molar-refractivity contribution is 0.0693. The maximum atomic E-state index is 11.0. The highest BCUT2D eigenvalue weighted by molar-refractivity contribution is 5.91. The summed E-state index contributed by atoms with van der Waals surface area (Å²) in [6, 6.07) is 5.24. The van der Waals surface area contributed by atoms with E-state index in [0.717, 1.165) is 18.7 Å². The van der Waals surface area contributed by atoms with Gasteiger partial charge in [0.25, 0.3) is 0 Å². The molecular weight excluding hydrogens is 206 g/mol. The predicted molar refractivity (Wildman–Crippen MR) is 62.0 cm³/mol. The van der Waals surface area contributed by atoms with Crippen LogP contribution in [0.5, 0.6) is 5.75 Å². The lowest BCUT2D eigenvalue weighted by atomic mass is 10.1. The van der Waals surface area contributed by atoms with Crippen LogP contribution in [-0.4, -0.2) is 36.7 Å². The Morgan fingerprint density at radius 1 is 1.50 bits per heavy atom. The Labute approximate surface area is 95.5 Å². The Bertz CT molecular complexity index is 377. The summed E-state index contributed by atoms with van der Waals surface area (Å²) in [6.45, 7) is 3.72. The van der Waals surface area contributed by atoms with Crippen molar-refractivity contribution in [1.82, 2.24) is 4.90 Å². The third kappa shape index (κ3) is 2.97. The summed E-state index contributed by atoms with van der Waals surface area (Å²) in [7, 11) is 3.46. The monoisotopic (exact) mass is 223 g/mol. The molecule has 4 heteroatoms. The van der Waals surface area contributed by atoms with Gasteiger partial charge in [0.05, 0.1) is 7.11 Å². The van der Waals surface area contributed by atoms with Crippen LogP contribution in [0.1, 0.15) is 22.8 Å². The van der Waals surface area contributed by atoms with Crippen LogP contribution in [0, 0.1) is 0 Å². The third-order valence-electron chi connectivity index (χ3n) is 2.49. The van der Waals surface area contributed by atoms with Crippen molar-refractivity contribution in [2.45, 2.75) is 13.5 Å². The number of hydrogen-bond donors (Lipinski definition) is 1. The zero-order valence-corrected chi connectivity index (χ0v) is 9.86. The highest BCUT2D eigenvalue weighted by Gasteiger charge is 2.11. The van der Waals surface area contributed by atoms with E-state index in [0.29, 0.717) is 5.75 Å². The first kappa shape index (κ1) is 12.5. The highest BCUT2D eigenvalue weighted by atomic mass is 16.5. The van der Waals surface area contributed by atoms with Crippen molar-refractivity contribution in [3.8, 4) is 5.75 Å².